The lowest BCUT2D eigenvalue weighted by Crippen LogP contribution is -2.23. The van der Waals surface area contributed by atoms with Gasteiger partial charge in [-0.25, -0.2) is 4.79 Å². The minimum absolute atomic E-state index is 0.0733. The predicted molar refractivity (Wildman–Crippen MR) is 77.3 cm³/mol. The molecule has 22 heavy (non-hydrogen) atoms. The molecule has 0 fully saturated rings. The molecule has 2 heterocycles. The van der Waals surface area contributed by atoms with Crippen molar-refractivity contribution >= 4 is 5.97 Å². The topological polar surface area (TPSA) is 85.2 Å². The number of aliphatic hydroxyl groups excluding tert-OH is 1. The molecule has 6 nitrogen and oxygen atoms in total. The van der Waals surface area contributed by atoms with E-state index in [4.69, 9.17) is 14.2 Å². The van der Waals surface area contributed by atoms with Crippen molar-refractivity contribution in [2.45, 2.75) is 38.7 Å². The molecule has 0 saturated heterocycles. The van der Waals surface area contributed by atoms with Crippen LogP contribution in [0.3, 0.4) is 0 Å². The molecule has 0 aliphatic carbocycles. The van der Waals surface area contributed by atoms with Crippen molar-refractivity contribution in [1.29, 1.82) is 0 Å². The molecule has 1 aromatic rings. The molecule has 1 unspecified atom stereocenters. The highest BCUT2D eigenvalue weighted by molar-refractivity contribution is 5.80. The van der Waals surface area contributed by atoms with Crippen LogP contribution in [0.1, 0.15) is 42.6 Å². The minimum atomic E-state index is -1.43. The van der Waals surface area contributed by atoms with E-state index in [9.17, 15) is 15.0 Å². The summed E-state index contributed by atoms with van der Waals surface area (Å²) >= 11 is 0. The number of phenols is 1. The largest absolute Gasteiger partial charge is 0.504 e. The van der Waals surface area contributed by atoms with E-state index in [1.54, 1.807) is 6.92 Å². The minimum Gasteiger partial charge on any atom is -0.504 e. The fraction of sp³-hybridized carbons (Fsp3) is 0.562. The number of carbonyl (C=O) groups excluding carboxylic acids is 1. The summed E-state index contributed by atoms with van der Waals surface area (Å²) in [6.07, 6.45) is 1.34. The Morgan fingerprint density at radius 3 is 2.50 bits per heavy atom. The second-order valence-corrected chi connectivity index (χ2v) is 5.44. The van der Waals surface area contributed by atoms with Gasteiger partial charge in [0.1, 0.15) is 5.75 Å². The van der Waals surface area contributed by atoms with Crippen molar-refractivity contribution in [1.82, 2.24) is 0 Å². The fourth-order valence-corrected chi connectivity index (χ4v) is 3.08. The summed E-state index contributed by atoms with van der Waals surface area (Å²) in [4.78, 5) is 12.0. The monoisotopic (exact) mass is 308 g/mol. The normalized spacial score (nSPS) is 17.5. The molecular weight excluding hydrogens is 288 g/mol. The Labute approximate surface area is 128 Å². The molecule has 0 bridgehead atoms. The van der Waals surface area contributed by atoms with Gasteiger partial charge in [0.15, 0.2) is 17.6 Å². The molecule has 2 aliphatic rings. The third kappa shape index (κ3) is 2.37. The molecule has 120 valence electrons. The average molecular weight is 308 g/mol. The second kappa shape index (κ2) is 6.04. The van der Waals surface area contributed by atoms with Crippen molar-refractivity contribution in [2.24, 2.45) is 0 Å². The highest BCUT2D eigenvalue weighted by Crippen LogP contribution is 2.49. The van der Waals surface area contributed by atoms with Crippen molar-refractivity contribution in [2.75, 3.05) is 19.8 Å². The van der Waals surface area contributed by atoms with Crippen LogP contribution in [0.5, 0.6) is 17.2 Å². The molecule has 0 radical (unpaired) electrons. The highest BCUT2D eigenvalue weighted by atomic mass is 16.5. The van der Waals surface area contributed by atoms with E-state index in [0.717, 1.165) is 12.8 Å². The Bertz CT molecular complexity index is 558. The summed E-state index contributed by atoms with van der Waals surface area (Å²) < 4.78 is 16.2. The standard InChI is InChI=1S/C16H20O6/c1-2-20-16(19)13(18)11-9-5-3-8-22-15(9)12(17)10-6-4-7-21-14(10)11/h13,17-18H,2-8H2,1H3. The molecule has 3 rings (SSSR count). The maximum absolute atomic E-state index is 12.0. The SMILES string of the molecule is CCOC(=O)C(O)c1c2c(c(O)c3c1OCCC3)OCCC2. The summed E-state index contributed by atoms with van der Waals surface area (Å²) in [5.41, 5.74) is 1.64. The van der Waals surface area contributed by atoms with Crippen molar-refractivity contribution < 1.29 is 29.2 Å². The second-order valence-electron chi connectivity index (χ2n) is 5.44. The first-order valence-electron chi connectivity index (χ1n) is 7.66. The number of hydrogen-bond acceptors (Lipinski definition) is 6. The zero-order valence-corrected chi connectivity index (χ0v) is 12.6. The number of carbonyl (C=O) groups is 1. The van der Waals surface area contributed by atoms with Crippen LogP contribution in [0, 0.1) is 0 Å². The van der Waals surface area contributed by atoms with Crippen molar-refractivity contribution in [3.8, 4) is 17.2 Å². The number of aliphatic hydroxyl groups is 1. The first kappa shape index (κ1) is 15.0. The molecule has 1 atom stereocenters. The molecule has 1 aromatic carbocycles. The third-order valence-corrected chi connectivity index (χ3v) is 4.04. The lowest BCUT2D eigenvalue weighted by molar-refractivity contribution is -0.153. The van der Waals surface area contributed by atoms with E-state index < -0.39 is 12.1 Å². The lowest BCUT2D eigenvalue weighted by Gasteiger charge is -2.29. The fourth-order valence-electron chi connectivity index (χ4n) is 3.08. The van der Waals surface area contributed by atoms with Gasteiger partial charge in [0.2, 0.25) is 0 Å². The van der Waals surface area contributed by atoms with Crippen molar-refractivity contribution in [3.05, 3.63) is 16.7 Å². The Hall–Kier alpha value is -1.95. The summed E-state index contributed by atoms with van der Waals surface area (Å²) in [6, 6.07) is 0. The van der Waals surface area contributed by atoms with E-state index >= 15 is 0 Å². The van der Waals surface area contributed by atoms with Gasteiger partial charge in [-0.1, -0.05) is 0 Å². The quantitative estimate of drug-likeness (QED) is 0.826. The zero-order valence-electron chi connectivity index (χ0n) is 12.6. The van der Waals surface area contributed by atoms with E-state index in [0.29, 0.717) is 54.2 Å². The van der Waals surface area contributed by atoms with Crippen LogP contribution in [0.2, 0.25) is 0 Å². The molecule has 0 spiro atoms. The van der Waals surface area contributed by atoms with E-state index in [1.165, 1.54) is 0 Å². The predicted octanol–water partition coefficient (Wildman–Crippen LogP) is 1.64. The number of phenolic OH excluding ortho intramolecular Hbond substituents is 1. The van der Waals surface area contributed by atoms with Gasteiger partial charge in [0.05, 0.1) is 19.8 Å². The highest BCUT2D eigenvalue weighted by Gasteiger charge is 2.35. The lowest BCUT2D eigenvalue weighted by atomic mass is 9.89. The Morgan fingerprint density at radius 1 is 1.18 bits per heavy atom. The van der Waals surface area contributed by atoms with Gasteiger partial charge >= 0.3 is 5.97 Å². The number of benzene rings is 1. The van der Waals surface area contributed by atoms with Gasteiger partial charge in [-0.05, 0) is 32.6 Å². The third-order valence-electron chi connectivity index (χ3n) is 4.04. The van der Waals surface area contributed by atoms with Gasteiger partial charge in [-0.3, -0.25) is 0 Å². The van der Waals surface area contributed by atoms with Crippen LogP contribution in [-0.2, 0) is 22.4 Å². The van der Waals surface area contributed by atoms with Crippen LogP contribution in [0.25, 0.3) is 0 Å². The number of esters is 1. The zero-order chi connectivity index (χ0) is 15.7. The average Bonchev–Trinajstić information content (AvgIpc) is 2.55. The van der Waals surface area contributed by atoms with Crippen molar-refractivity contribution in [3.63, 3.8) is 0 Å². The number of rotatable bonds is 3. The maximum atomic E-state index is 12.0. The number of aromatic hydroxyl groups is 1. The van der Waals surface area contributed by atoms with Crippen LogP contribution >= 0.6 is 0 Å². The molecule has 0 aromatic heterocycles. The molecule has 2 aliphatic heterocycles. The summed E-state index contributed by atoms with van der Waals surface area (Å²) in [5, 5.41) is 20.9. The smallest absolute Gasteiger partial charge is 0.339 e. The molecule has 0 amide bonds. The molecule has 6 heteroatoms. The van der Waals surface area contributed by atoms with E-state index in [-0.39, 0.29) is 12.4 Å². The Kier molecular flexibility index (Phi) is 4.11. The van der Waals surface area contributed by atoms with Gasteiger partial charge in [-0.2, -0.15) is 0 Å². The van der Waals surface area contributed by atoms with E-state index in [2.05, 4.69) is 0 Å². The number of hydrogen-bond donors (Lipinski definition) is 2. The van der Waals surface area contributed by atoms with Crippen LogP contribution < -0.4 is 9.47 Å². The summed E-state index contributed by atoms with van der Waals surface area (Å²) in [6.45, 7) is 2.88. The maximum Gasteiger partial charge on any atom is 0.339 e. The first-order valence-corrected chi connectivity index (χ1v) is 7.66. The molecule has 2 N–H and O–H groups in total. The molecule has 0 saturated carbocycles. The van der Waals surface area contributed by atoms with Crippen LogP contribution in [-0.4, -0.2) is 36.0 Å². The molecular formula is C16H20O6. The first-order chi connectivity index (χ1) is 10.6. The van der Waals surface area contributed by atoms with Gasteiger partial charge in [-0.15, -0.1) is 0 Å². The van der Waals surface area contributed by atoms with Gasteiger partial charge in [0.25, 0.3) is 0 Å². The Morgan fingerprint density at radius 2 is 1.82 bits per heavy atom. The van der Waals surface area contributed by atoms with Gasteiger partial charge < -0.3 is 24.4 Å². The van der Waals surface area contributed by atoms with Crippen LogP contribution in [0.4, 0.5) is 0 Å². The van der Waals surface area contributed by atoms with E-state index in [1.807, 2.05) is 0 Å². The number of ether oxygens (including phenoxy) is 3. The number of fused-ring (bicyclic) bond motifs is 2. The Balaban J connectivity index is 2.16. The summed E-state index contributed by atoms with van der Waals surface area (Å²) in [5.74, 6) is 0.143. The van der Waals surface area contributed by atoms with Crippen LogP contribution in [0.15, 0.2) is 0 Å². The van der Waals surface area contributed by atoms with Gasteiger partial charge in [0, 0.05) is 16.7 Å². The summed E-state index contributed by atoms with van der Waals surface area (Å²) in [7, 11) is 0.